The van der Waals surface area contributed by atoms with E-state index < -0.39 is 31.1 Å². The molecule has 3 atom stereocenters. The number of benzene rings is 1. The molecule has 0 spiro atoms. The van der Waals surface area contributed by atoms with E-state index in [4.69, 9.17) is 9.84 Å². The van der Waals surface area contributed by atoms with Gasteiger partial charge < -0.3 is 20.1 Å². The third kappa shape index (κ3) is 5.71. The van der Waals surface area contributed by atoms with E-state index in [2.05, 4.69) is 15.3 Å². The number of hydrogen-bond acceptors (Lipinski definition) is 7. The number of pyridine rings is 2. The number of carbonyl (C=O) groups is 2. The summed E-state index contributed by atoms with van der Waals surface area (Å²) < 4.78 is 34.9. The number of alkyl halides is 2. The maximum Gasteiger partial charge on any atom is 0.301 e. The van der Waals surface area contributed by atoms with Crippen LogP contribution in [0.3, 0.4) is 0 Å². The Bertz CT molecular complexity index is 1430. The van der Waals surface area contributed by atoms with Crippen molar-refractivity contribution in [2.75, 3.05) is 25.0 Å². The van der Waals surface area contributed by atoms with Crippen LogP contribution in [-0.4, -0.2) is 63.5 Å². The maximum absolute atomic E-state index is 14.7. The molecule has 39 heavy (non-hydrogen) atoms. The predicted octanol–water partition coefficient (Wildman–Crippen LogP) is 3.36. The van der Waals surface area contributed by atoms with E-state index >= 15 is 0 Å². The molecule has 3 heterocycles. The van der Waals surface area contributed by atoms with Crippen molar-refractivity contribution in [3.8, 4) is 22.9 Å². The smallest absolute Gasteiger partial charge is 0.301 e. The molecule has 2 aromatic heterocycles. The van der Waals surface area contributed by atoms with Crippen molar-refractivity contribution in [3.05, 3.63) is 72.2 Å². The van der Waals surface area contributed by atoms with E-state index in [0.717, 1.165) is 16.9 Å². The molecular weight excluding hydrogens is 508 g/mol. The number of halogens is 2. The average molecular weight is 534 g/mol. The van der Waals surface area contributed by atoms with Crippen LogP contribution in [0.4, 0.5) is 14.6 Å². The van der Waals surface area contributed by atoms with E-state index in [1.165, 1.54) is 18.3 Å². The van der Waals surface area contributed by atoms with Gasteiger partial charge in [-0.05, 0) is 59.4 Å². The van der Waals surface area contributed by atoms with Crippen LogP contribution in [0.1, 0.15) is 29.9 Å². The zero-order chi connectivity index (χ0) is 27.6. The molecule has 9 nitrogen and oxygen atoms in total. The Morgan fingerprint density at radius 2 is 2.03 bits per heavy atom. The average Bonchev–Trinajstić information content (AvgIpc) is 3.76. The fourth-order valence-electron chi connectivity index (χ4n) is 4.78. The lowest BCUT2D eigenvalue weighted by molar-refractivity contribution is -0.161. The highest BCUT2D eigenvalue weighted by atomic mass is 19.3. The van der Waals surface area contributed by atoms with Crippen molar-refractivity contribution < 1.29 is 28.2 Å². The van der Waals surface area contributed by atoms with Crippen molar-refractivity contribution in [2.24, 2.45) is 5.92 Å². The molecule has 1 aliphatic heterocycles. The molecule has 2 aliphatic rings. The van der Waals surface area contributed by atoms with Crippen LogP contribution < -0.4 is 10.1 Å². The van der Waals surface area contributed by atoms with Crippen molar-refractivity contribution in [1.82, 2.24) is 14.9 Å². The summed E-state index contributed by atoms with van der Waals surface area (Å²) >= 11 is 0. The molecule has 2 fully saturated rings. The minimum absolute atomic E-state index is 0.00520. The summed E-state index contributed by atoms with van der Waals surface area (Å²) in [4.78, 5) is 33.6. The second-order valence-corrected chi connectivity index (χ2v) is 9.61. The molecule has 1 aliphatic carbocycles. The van der Waals surface area contributed by atoms with E-state index in [9.17, 15) is 23.6 Å². The van der Waals surface area contributed by atoms with Gasteiger partial charge in [-0.15, -0.1) is 0 Å². The Morgan fingerprint density at radius 1 is 1.21 bits per heavy atom. The summed E-state index contributed by atoms with van der Waals surface area (Å²) in [5, 5.41) is 21.5. The molecule has 2 N–H and O–H groups in total. The molecule has 1 unspecified atom stereocenters. The summed E-state index contributed by atoms with van der Waals surface area (Å²) in [5.41, 5.74) is 2.38. The molecule has 0 radical (unpaired) electrons. The fraction of sp³-hybridized carbons (Fsp3) is 0.321. The summed E-state index contributed by atoms with van der Waals surface area (Å²) in [5.74, 6) is -3.93. The number of nitrogens with zero attached hydrogens (tertiary/aromatic N) is 4. The number of carbonyl (C=O) groups excluding carboxylic acids is 2. The predicted molar refractivity (Wildman–Crippen MR) is 136 cm³/mol. The van der Waals surface area contributed by atoms with Crippen LogP contribution in [-0.2, 0) is 9.59 Å². The first-order chi connectivity index (χ1) is 18.8. The highest BCUT2D eigenvalue weighted by Crippen LogP contribution is 2.47. The number of aliphatic hydroxyl groups excluding tert-OH is 1. The van der Waals surface area contributed by atoms with Crippen LogP contribution in [0.2, 0.25) is 0 Å². The van der Waals surface area contributed by atoms with Gasteiger partial charge in [0.2, 0.25) is 11.8 Å². The van der Waals surface area contributed by atoms with Gasteiger partial charge in [0.15, 0.2) is 6.10 Å². The number of rotatable bonds is 7. The van der Waals surface area contributed by atoms with Gasteiger partial charge in [-0.1, -0.05) is 12.1 Å². The number of piperidine rings is 1. The van der Waals surface area contributed by atoms with Gasteiger partial charge >= 0.3 is 5.92 Å². The highest BCUT2D eigenvalue weighted by molar-refractivity contribution is 5.95. The van der Waals surface area contributed by atoms with Gasteiger partial charge in [-0.3, -0.25) is 14.6 Å². The summed E-state index contributed by atoms with van der Waals surface area (Å²) in [6.45, 7) is -1.70. The summed E-state index contributed by atoms with van der Waals surface area (Å²) in [7, 11) is 0. The van der Waals surface area contributed by atoms with Gasteiger partial charge in [0, 0.05) is 37.5 Å². The van der Waals surface area contributed by atoms with Crippen LogP contribution in [0.15, 0.2) is 61.1 Å². The van der Waals surface area contributed by atoms with Gasteiger partial charge in [-0.25, -0.2) is 13.8 Å². The standard InChI is InChI=1S/C28H25F2N5O4/c29-28(30)16-35(26(37)15-36)9-6-24(28)39-23-4-3-17(10-20(23)13-31)18-5-8-33-25(11-18)34-27(38)22-12-21(22)19-2-1-7-32-14-19/h1-5,7-8,10-11,14,21-22,24,36H,6,9,12,15-16H2,(H,33,34,38)/t21-,22+,24?/m0/s1. The minimum Gasteiger partial charge on any atom is -0.483 e. The Labute approximate surface area is 223 Å². The van der Waals surface area contributed by atoms with Crippen molar-refractivity contribution in [2.45, 2.75) is 30.8 Å². The highest BCUT2D eigenvalue weighted by Gasteiger charge is 2.48. The van der Waals surface area contributed by atoms with Gasteiger partial charge in [0.05, 0.1) is 12.1 Å². The lowest BCUT2D eigenvalue weighted by Gasteiger charge is -2.38. The Balaban J connectivity index is 1.27. The van der Waals surface area contributed by atoms with E-state index in [-0.39, 0.29) is 42.0 Å². The van der Waals surface area contributed by atoms with Crippen LogP contribution in [0.25, 0.3) is 11.1 Å². The van der Waals surface area contributed by atoms with Crippen molar-refractivity contribution in [3.63, 3.8) is 0 Å². The van der Waals surface area contributed by atoms with Crippen LogP contribution in [0.5, 0.6) is 5.75 Å². The number of amides is 2. The molecule has 1 saturated carbocycles. The third-order valence-electron chi connectivity index (χ3n) is 6.98. The SMILES string of the molecule is N#Cc1cc(-c2ccnc(NC(=O)[C@@H]3C[C@H]3c3cccnc3)c2)ccc1OC1CCN(C(=O)CO)CC1(F)F. The monoisotopic (exact) mass is 533 g/mol. The maximum atomic E-state index is 14.7. The first kappa shape index (κ1) is 26.2. The van der Waals surface area contributed by atoms with Crippen LogP contribution in [0, 0.1) is 17.2 Å². The normalized spacial score (nSPS) is 21.5. The van der Waals surface area contributed by atoms with Crippen molar-refractivity contribution in [1.29, 1.82) is 5.26 Å². The summed E-state index contributed by atoms with van der Waals surface area (Å²) in [6.07, 6.45) is 4.04. The largest absolute Gasteiger partial charge is 0.483 e. The molecular formula is C28H25F2N5O4. The summed E-state index contributed by atoms with van der Waals surface area (Å²) in [6, 6.07) is 13.8. The molecule has 5 rings (SSSR count). The van der Waals surface area contributed by atoms with E-state index in [1.807, 2.05) is 18.2 Å². The second kappa shape index (κ2) is 10.7. The number of nitrogens with one attached hydrogen (secondary N) is 1. The van der Waals surface area contributed by atoms with Crippen LogP contribution >= 0.6 is 0 Å². The number of anilines is 1. The molecule has 2 amide bonds. The van der Waals surface area contributed by atoms with Crippen molar-refractivity contribution >= 4 is 17.6 Å². The zero-order valence-electron chi connectivity index (χ0n) is 20.8. The lowest BCUT2D eigenvalue weighted by atomic mass is 10.0. The minimum atomic E-state index is -3.36. The van der Waals surface area contributed by atoms with E-state index in [1.54, 1.807) is 30.6 Å². The number of aliphatic hydroxyl groups is 1. The van der Waals surface area contributed by atoms with E-state index in [0.29, 0.717) is 16.9 Å². The lowest BCUT2D eigenvalue weighted by Crippen LogP contribution is -2.55. The molecule has 0 bridgehead atoms. The number of aromatic nitrogens is 2. The molecule has 200 valence electrons. The molecule has 1 aromatic carbocycles. The number of likely N-dealkylation sites (tertiary alicyclic amines) is 1. The Morgan fingerprint density at radius 3 is 2.74 bits per heavy atom. The number of ether oxygens (including phenoxy) is 1. The number of nitriles is 1. The number of hydrogen-bond donors (Lipinski definition) is 2. The molecule has 1 saturated heterocycles. The first-order valence-electron chi connectivity index (χ1n) is 12.4. The fourth-order valence-corrected chi connectivity index (χ4v) is 4.78. The topological polar surface area (TPSA) is 128 Å². The van der Waals surface area contributed by atoms with Gasteiger partial charge in [0.25, 0.3) is 0 Å². The first-order valence-corrected chi connectivity index (χ1v) is 12.4. The third-order valence-corrected chi connectivity index (χ3v) is 6.98. The second-order valence-electron chi connectivity index (χ2n) is 9.61. The van der Waals surface area contributed by atoms with Gasteiger partial charge in [0.1, 0.15) is 24.2 Å². The zero-order valence-corrected chi connectivity index (χ0v) is 20.8. The van der Waals surface area contributed by atoms with Gasteiger partial charge in [-0.2, -0.15) is 5.26 Å². The molecule has 11 heteroatoms. The Kier molecular flexibility index (Phi) is 7.21. The molecule has 3 aromatic rings. The quantitative estimate of drug-likeness (QED) is 0.477. The Hall–Kier alpha value is -4.43.